The highest BCUT2D eigenvalue weighted by atomic mass is 32.2. The lowest BCUT2D eigenvalue weighted by atomic mass is 10.1. The third kappa shape index (κ3) is 6.19. The zero-order chi connectivity index (χ0) is 16.7. The lowest BCUT2D eigenvalue weighted by Crippen LogP contribution is -2.53. The lowest BCUT2D eigenvalue weighted by molar-refractivity contribution is 0.110. The summed E-state index contributed by atoms with van der Waals surface area (Å²) in [5.41, 5.74) is 0.948. The first kappa shape index (κ1) is 18.4. The minimum atomic E-state index is -3.47. The monoisotopic (exact) mass is 340 g/mol. The summed E-state index contributed by atoms with van der Waals surface area (Å²) < 4.78 is 29.5. The summed E-state index contributed by atoms with van der Waals surface area (Å²) in [5, 5.41) is 0. The summed E-state index contributed by atoms with van der Waals surface area (Å²) >= 11 is 0. The van der Waals surface area contributed by atoms with E-state index in [0.29, 0.717) is 13.1 Å². The minimum Gasteiger partial charge on any atom is -0.304 e. The maximum Gasteiger partial charge on any atom is 0.277 e. The quantitative estimate of drug-likeness (QED) is 0.729. The van der Waals surface area contributed by atoms with E-state index in [9.17, 15) is 8.42 Å². The molecule has 1 heterocycles. The second-order valence-electron chi connectivity index (χ2n) is 6.06. The molecule has 1 fully saturated rings. The van der Waals surface area contributed by atoms with Gasteiger partial charge in [0.15, 0.2) is 0 Å². The van der Waals surface area contributed by atoms with E-state index in [2.05, 4.69) is 33.2 Å². The molecule has 2 N–H and O–H groups in total. The average molecular weight is 340 g/mol. The van der Waals surface area contributed by atoms with Crippen molar-refractivity contribution in [2.75, 3.05) is 39.8 Å². The van der Waals surface area contributed by atoms with Gasteiger partial charge in [-0.25, -0.2) is 4.72 Å². The lowest BCUT2D eigenvalue weighted by Gasteiger charge is -2.37. The maximum atomic E-state index is 12.1. The summed E-state index contributed by atoms with van der Waals surface area (Å²) in [4.78, 5) is 4.68. The fourth-order valence-electron chi connectivity index (χ4n) is 2.75. The van der Waals surface area contributed by atoms with Crippen LogP contribution in [0.15, 0.2) is 30.3 Å². The van der Waals surface area contributed by atoms with Crippen molar-refractivity contribution < 1.29 is 8.42 Å². The largest absolute Gasteiger partial charge is 0.304 e. The Morgan fingerprint density at radius 2 is 1.74 bits per heavy atom. The summed E-state index contributed by atoms with van der Waals surface area (Å²) in [5.74, 6) is 0. The third-order valence-electron chi connectivity index (χ3n) is 4.34. The average Bonchev–Trinajstić information content (AvgIpc) is 2.56. The van der Waals surface area contributed by atoms with E-state index in [-0.39, 0.29) is 6.04 Å². The topological polar surface area (TPSA) is 64.7 Å². The first-order valence-electron chi connectivity index (χ1n) is 8.21. The molecule has 6 nitrogen and oxygen atoms in total. The molecule has 1 aromatic rings. The Hall–Kier alpha value is -0.990. The van der Waals surface area contributed by atoms with Crippen molar-refractivity contribution in [2.24, 2.45) is 0 Å². The fraction of sp³-hybridized carbons (Fsp3) is 0.625. The normalized spacial score (nSPS) is 18.9. The van der Waals surface area contributed by atoms with Gasteiger partial charge in [-0.15, -0.1) is 0 Å². The zero-order valence-corrected chi connectivity index (χ0v) is 14.8. The van der Waals surface area contributed by atoms with Crippen molar-refractivity contribution in [3.63, 3.8) is 0 Å². The first-order valence-corrected chi connectivity index (χ1v) is 9.69. The Morgan fingerprint density at radius 1 is 1.09 bits per heavy atom. The van der Waals surface area contributed by atoms with Crippen LogP contribution in [-0.4, -0.2) is 64.0 Å². The third-order valence-corrected chi connectivity index (χ3v) is 5.41. The Balaban J connectivity index is 1.80. The highest BCUT2D eigenvalue weighted by Gasteiger charge is 2.22. The Morgan fingerprint density at radius 3 is 2.35 bits per heavy atom. The molecule has 0 aliphatic carbocycles. The Bertz CT molecular complexity index is 557. The zero-order valence-electron chi connectivity index (χ0n) is 14.0. The number of piperazine rings is 1. The van der Waals surface area contributed by atoms with E-state index in [1.807, 2.05) is 30.3 Å². The van der Waals surface area contributed by atoms with Gasteiger partial charge in [0.25, 0.3) is 10.2 Å². The van der Waals surface area contributed by atoms with Gasteiger partial charge in [-0.2, -0.15) is 13.1 Å². The molecular weight excluding hydrogens is 312 g/mol. The molecule has 0 unspecified atom stereocenters. The van der Waals surface area contributed by atoms with Gasteiger partial charge >= 0.3 is 0 Å². The number of hydrogen-bond donors (Lipinski definition) is 2. The van der Waals surface area contributed by atoms with Gasteiger partial charge in [-0.05, 0) is 19.0 Å². The van der Waals surface area contributed by atoms with Gasteiger partial charge in [-0.1, -0.05) is 37.3 Å². The van der Waals surface area contributed by atoms with Crippen LogP contribution in [0.5, 0.6) is 0 Å². The summed E-state index contributed by atoms with van der Waals surface area (Å²) in [6, 6.07) is 9.77. The molecular formula is C16H28N4O2S. The number of benzene rings is 1. The van der Waals surface area contributed by atoms with Crippen molar-refractivity contribution in [3.05, 3.63) is 35.9 Å². The number of nitrogens with one attached hydrogen (secondary N) is 2. The molecule has 0 spiro atoms. The van der Waals surface area contributed by atoms with Crippen molar-refractivity contribution in [1.82, 2.24) is 19.2 Å². The molecule has 1 aromatic carbocycles. The van der Waals surface area contributed by atoms with Crippen LogP contribution in [0, 0.1) is 0 Å². The minimum absolute atomic E-state index is 0.247. The molecule has 0 amide bonds. The van der Waals surface area contributed by atoms with Crippen LogP contribution in [0.25, 0.3) is 0 Å². The highest BCUT2D eigenvalue weighted by Crippen LogP contribution is 2.08. The van der Waals surface area contributed by atoms with Crippen LogP contribution in [0.2, 0.25) is 0 Å². The van der Waals surface area contributed by atoms with E-state index in [1.165, 1.54) is 0 Å². The van der Waals surface area contributed by atoms with Crippen LogP contribution in [0.3, 0.4) is 0 Å². The summed E-state index contributed by atoms with van der Waals surface area (Å²) in [7, 11) is -1.35. The predicted molar refractivity (Wildman–Crippen MR) is 93.4 cm³/mol. The summed E-state index contributed by atoms with van der Waals surface area (Å²) in [6.45, 7) is 6.92. The van der Waals surface area contributed by atoms with Gasteiger partial charge in [-0.3, -0.25) is 4.90 Å². The van der Waals surface area contributed by atoms with E-state index in [4.69, 9.17) is 0 Å². The molecule has 1 aliphatic rings. The van der Waals surface area contributed by atoms with Crippen molar-refractivity contribution in [3.8, 4) is 0 Å². The fourth-order valence-corrected chi connectivity index (χ4v) is 3.62. The molecule has 7 heteroatoms. The van der Waals surface area contributed by atoms with Gasteiger partial charge < -0.3 is 4.90 Å². The predicted octanol–water partition coefficient (Wildman–Crippen LogP) is 0.637. The van der Waals surface area contributed by atoms with Crippen molar-refractivity contribution >= 4 is 10.2 Å². The number of likely N-dealkylation sites (N-methyl/N-ethyl adjacent to an activating group) is 1. The van der Waals surface area contributed by atoms with E-state index in [0.717, 1.165) is 38.2 Å². The second-order valence-corrected chi connectivity index (χ2v) is 7.64. The van der Waals surface area contributed by atoms with E-state index < -0.39 is 10.2 Å². The van der Waals surface area contributed by atoms with Crippen molar-refractivity contribution in [2.45, 2.75) is 25.9 Å². The van der Waals surface area contributed by atoms with Gasteiger partial charge in [0.1, 0.15) is 0 Å². The molecule has 0 aromatic heterocycles. The molecule has 0 saturated carbocycles. The van der Waals surface area contributed by atoms with Crippen LogP contribution in [0.1, 0.15) is 18.9 Å². The first-order chi connectivity index (χ1) is 11.0. The van der Waals surface area contributed by atoms with Crippen molar-refractivity contribution in [1.29, 1.82) is 0 Å². The van der Waals surface area contributed by atoms with E-state index in [1.54, 1.807) is 0 Å². The number of nitrogens with zero attached hydrogens (tertiary/aromatic N) is 2. The van der Waals surface area contributed by atoms with Gasteiger partial charge in [0.2, 0.25) is 0 Å². The van der Waals surface area contributed by atoms with Crippen LogP contribution < -0.4 is 9.44 Å². The molecule has 130 valence electrons. The van der Waals surface area contributed by atoms with Gasteiger partial charge in [0, 0.05) is 45.3 Å². The molecule has 23 heavy (non-hydrogen) atoms. The van der Waals surface area contributed by atoms with E-state index >= 15 is 0 Å². The standard InChI is InChI=1S/C16H28N4O2S/c1-3-16(20-11-9-19(2)10-12-20)14-18-23(21,22)17-13-15-7-5-4-6-8-15/h4-8,16-18H,3,9-14H2,1-2H3/t16-/m0/s1. The molecule has 1 aliphatic heterocycles. The summed E-state index contributed by atoms with van der Waals surface area (Å²) in [6.07, 6.45) is 0.935. The Kier molecular flexibility index (Phi) is 6.98. The second kappa shape index (κ2) is 8.75. The molecule has 1 atom stereocenters. The van der Waals surface area contributed by atoms with Crippen LogP contribution in [0.4, 0.5) is 0 Å². The maximum absolute atomic E-state index is 12.1. The van der Waals surface area contributed by atoms with Crippen LogP contribution in [-0.2, 0) is 16.8 Å². The molecule has 0 bridgehead atoms. The highest BCUT2D eigenvalue weighted by molar-refractivity contribution is 7.87. The number of rotatable bonds is 8. The molecule has 2 rings (SSSR count). The Labute approximate surface area is 140 Å². The molecule has 1 saturated heterocycles. The number of hydrogen-bond acceptors (Lipinski definition) is 4. The smallest absolute Gasteiger partial charge is 0.277 e. The molecule has 0 radical (unpaired) electrons. The van der Waals surface area contributed by atoms with Gasteiger partial charge in [0.05, 0.1) is 0 Å². The SMILES string of the molecule is CC[C@@H](CNS(=O)(=O)NCc1ccccc1)N1CCN(C)CC1. The van der Waals surface area contributed by atoms with Crippen LogP contribution >= 0.6 is 0 Å².